The predicted molar refractivity (Wildman–Crippen MR) is 109 cm³/mol. The monoisotopic (exact) mass is 385 g/mol. The summed E-state index contributed by atoms with van der Waals surface area (Å²) in [7, 11) is 1.84. The van der Waals surface area contributed by atoms with Gasteiger partial charge in [-0.05, 0) is 36.1 Å². The smallest absolute Gasteiger partial charge is 0.215 e. The highest BCUT2D eigenvalue weighted by Crippen LogP contribution is 2.46. The average Bonchev–Trinajstić information content (AvgIpc) is 3.31. The maximum Gasteiger partial charge on any atom is 0.215 e. The summed E-state index contributed by atoms with van der Waals surface area (Å²) in [6, 6.07) is 9.89. The van der Waals surface area contributed by atoms with Crippen LogP contribution in [0.25, 0.3) is 20.8 Å². The van der Waals surface area contributed by atoms with Crippen molar-refractivity contribution in [3.63, 3.8) is 0 Å². The van der Waals surface area contributed by atoms with Crippen molar-refractivity contribution in [2.24, 2.45) is 0 Å². The highest BCUT2D eigenvalue weighted by molar-refractivity contribution is 7.24. The number of benzene rings is 1. The summed E-state index contributed by atoms with van der Waals surface area (Å²) >= 11 is 4.41. The number of rotatable bonds is 4. The largest absolute Gasteiger partial charge is 0.397 e. The lowest BCUT2D eigenvalue weighted by Gasteiger charge is -2.00. The fourth-order valence-electron chi connectivity index (χ4n) is 2.66. The highest BCUT2D eigenvalue weighted by atomic mass is 32.1. The Bertz CT molecular complexity index is 1080. The molecule has 0 bridgehead atoms. The Hall–Kier alpha value is -2.22. The van der Waals surface area contributed by atoms with Gasteiger partial charge in [-0.1, -0.05) is 12.1 Å². The van der Waals surface area contributed by atoms with E-state index in [-0.39, 0.29) is 5.78 Å². The Labute approximate surface area is 157 Å². The van der Waals surface area contributed by atoms with Crippen molar-refractivity contribution in [2.45, 2.75) is 6.92 Å². The highest BCUT2D eigenvalue weighted by Gasteiger charge is 2.25. The van der Waals surface area contributed by atoms with Crippen molar-refractivity contribution in [3.8, 4) is 10.6 Å². The Morgan fingerprint density at radius 3 is 2.80 bits per heavy atom. The fourth-order valence-corrected chi connectivity index (χ4v) is 5.62. The lowest BCUT2D eigenvalue weighted by atomic mass is 10.2. The van der Waals surface area contributed by atoms with Gasteiger partial charge in [0.1, 0.15) is 14.9 Å². The zero-order chi connectivity index (χ0) is 17.6. The second-order valence-corrected chi connectivity index (χ2v) is 8.59. The molecule has 7 heteroatoms. The number of nitrogens with one attached hydrogen (secondary N) is 1. The molecule has 0 spiro atoms. The van der Waals surface area contributed by atoms with Crippen molar-refractivity contribution in [1.29, 1.82) is 0 Å². The molecule has 3 N–H and O–H groups in total. The molecule has 3 heterocycles. The number of fused-ring (bicyclic) bond motifs is 1. The van der Waals surface area contributed by atoms with Gasteiger partial charge in [0.25, 0.3) is 0 Å². The summed E-state index contributed by atoms with van der Waals surface area (Å²) in [6.07, 6.45) is 0. The molecule has 0 saturated heterocycles. The van der Waals surface area contributed by atoms with Crippen molar-refractivity contribution in [2.75, 3.05) is 18.1 Å². The van der Waals surface area contributed by atoms with Gasteiger partial charge < -0.3 is 11.1 Å². The van der Waals surface area contributed by atoms with E-state index < -0.39 is 0 Å². The topological polar surface area (TPSA) is 68.0 Å². The number of ketones is 1. The first-order valence-corrected chi connectivity index (χ1v) is 10.2. The zero-order valence-electron chi connectivity index (χ0n) is 13.6. The summed E-state index contributed by atoms with van der Waals surface area (Å²) in [5.74, 6) is -0.0304. The lowest BCUT2D eigenvalue weighted by Crippen LogP contribution is -2.00. The Morgan fingerprint density at radius 2 is 2.08 bits per heavy atom. The molecule has 4 aromatic rings. The van der Waals surface area contributed by atoms with Crippen LogP contribution in [0, 0.1) is 6.92 Å². The molecular formula is C18H15N3OS3. The molecule has 1 aromatic carbocycles. The number of carbonyl (C=O) groups excluding carboxylic acids is 1. The van der Waals surface area contributed by atoms with E-state index in [1.807, 2.05) is 36.7 Å². The molecule has 0 radical (unpaired) electrons. The number of nitrogen functional groups attached to an aromatic ring is 1. The van der Waals surface area contributed by atoms with Crippen LogP contribution in [0.1, 0.15) is 20.1 Å². The maximum absolute atomic E-state index is 12.8. The molecule has 0 aliphatic heterocycles. The second-order valence-electron chi connectivity index (χ2n) is 5.60. The third-order valence-corrected chi connectivity index (χ3v) is 7.01. The molecule has 126 valence electrons. The van der Waals surface area contributed by atoms with Gasteiger partial charge in [-0.3, -0.25) is 4.79 Å². The molecule has 0 unspecified atom stereocenters. The second kappa shape index (κ2) is 6.25. The molecule has 25 heavy (non-hydrogen) atoms. The van der Waals surface area contributed by atoms with E-state index >= 15 is 0 Å². The molecule has 3 aromatic heterocycles. The van der Waals surface area contributed by atoms with Crippen LogP contribution in [0.5, 0.6) is 0 Å². The van der Waals surface area contributed by atoms with Gasteiger partial charge in [0.2, 0.25) is 5.78 Å². The van der Waals surface area contributed by atoms with Gasteiger partial charge in [-0.15, -0.1) is 34.0 Å². The van der Waals surface area contributed by atoms with Gasteiger partial charge in [0, 0.05) is 7.05 Å². The quantitative estimate of drug-likeness (QED) is 0.471. The number of thiophene rings is 2. The van der Waals surface area contributed by atoms with Crippen LogP contribution in [-0.4, -0.2) is 17.8 Å². The first-order chi connectivity index (χ1) is 12.1. The van der Waals surface area contributed by atoms with Gasteiger partial charge in [0.15, 0.2) is 0 Å². The summed E-state index contributed by atoms with van der Waals surface area (Å²) in [5.41, 5.74) is 9.87. The van der Waals surface area contributed by atoms with Crippen LogP contribution in [0.4, 0.5) is 10.7 Å². The van der Waals surface area contributed by atoms with Crippen LogP contribution in [-0.2, 0) is 0 Å². The number of carbonyl (C=O) groups is 1. The van der Waals surface area contributed by atoms with Crippen molar-refractivity contribution in [3.05, 3.63) is 51.0 Å². The summed E-state index contributed by atoms with van der Waals surface area (Å²) < 4.78 is 1.12. The Morgan fingerprint density at radius 1 is 1.24 bits per heavy atom. The zero-order valence-corrected chi connectivity index (χ0v) is 16.1. The van der Waals surface area contributed by atoms with Gasteiger partial charge in [-0.25, -0.2) is 4.98 Å². The molecule has 0 atom stereocenters. The number of nitrogens with two attached hydrogens (primary N) is 1. The molecular weight excluding hydrogens is 370 g/mol. The third-order valence-electron chi connectivity index (χ3n) is 3.88. The average molecular weight is 386 g/mol. The van der Waals surface area contributed by atoms with Crippen LogP contribution >= 0.6 is 34.0 Å². The number of hydrogen-bond acceptors (Lipinski definition) is 7. The summed E-state index contributed by atoms with van der Waals surface area (Å²) in [4.78, 5) is 18.7. The van der Waals surface area contributed by atoms with E-state index in [9.17, 15) is 4.79 Å². The van der Waals surface area contributed by atoms with Crippen molar-refractivity contribution < 1.29 is 4.79 Å². The maximum atomic E-state index is 12.8. The number of anilines is 2. The number of aromatic nitrogens is 1. The molecule has 4 rings (SSSR count). The molecule has 0 saturated carbocycles. The normalized spacial score (nSPS) is 11.1. The minimum Gasteiger partial charge on any atom is -0.397 e. The minimum absolute atomic E-state index is 0.0304. The summed E-state index contributed by atoms with van der Waals surface area (Å²) in [5, 5.41) is 6.77. The SMILES string of the molecule is CNc1sc(C(=O)c2cccs2)c(N)c1-c1nc2ccc(C)cc2s1. The predicted octanol–water partition coefficient (Wildman–Crippen LogP) is 5.25. The van der Waals surface area contributed by atoms with E-state index in [1.165, 1.54) is 28.2 Å². The lowest BCUT2D eigenvalue weighted by molar-refractivity contribution is 0.104. The van der Waals surface area contributed by atoms with Gasteiger partial charge >= 0.3 is 0 Å². The van der Waals surface area contributed by atoms with Gasteiger partial charge in [0.05, 0.1) is 26.3 Å². The Balaban J connectivity index is 1.87. The number of hydrogen-bond donors (Lipinski definition) is 2. The molecule has 0 aliphatic carbocycles. The summed E-state index contributed by atoms with van der Waals surface area (Å²) in [6.45, 7) is 2.06. The van der Waals surface area contributed by atoms with E-state index in [2.05, 4.69) is 18.3 Å². The van der Waals surface area contributed by atoms with Crippen LogP contribution < -0.4 is 11.1 Å². The number of nitrogens with zero attached hydrogens (tertiary/aromatic N) is 1. The third kappa shape index (κ3) is 2.74. The molecule has 4 nitrogen and oxygen atoms in total. The molecule has 0 aliphatic rings. The molecule has 0 fully saturated rings. The Kier molecular flexibility index (Phi) is 4.07. The van der Waals surface area contributed by atoms with Crippen LogP contribution in [0.15, 0.2) is 35.7 Å². The van der Waals surface area contributed by atoms with E-state index in [0.29, 0.717) is 15.4 Å². The number of thiazole rings is 1. The standard InChI is InChI=1S/C18H15N3OS3/c1-9-5-6-10-12(8-9)24-18(21-10)13-14(19)16(25-17(13)20-2)15(22)11-4-3-7-23-11/h3-8,20H,19H2,1-2H3. The van der Waals surface area contributed by atoms with Crippen LogP contribution in [0.3, 0.4) is 0 Å². The fraction of sp³-hybridized carbons (Fsp3) is 0.111. The van der Waals surface area contributed by atoms with Crippen molar-refractivity contribution in [1.82, 2.24) is 4.98 Å². The number of aryl methyl sites for hydroxylation is 1. The first kappa shape index (κ1) is 16.3. The molecule has 0 amide bonds. The first-order valence-electron chi connectivity index (χ1n) is 7.64. The van der Waals surface area contributed by atoms with Crippen LogP contribution in [0.2, 0.25) is 0 Å². The van der Waals surface area contributed by atoms with E-state index in [0.717, 1.165) is 25.8 Å². The van der Waals surface area contributed by atoms with Gasteiger partial charge in [-0.2, -0.15) is 0 Å². The van der Waals surface area contributed by atoms with E-state index in [1.54, 1.807) is 11.3 Å². The van der Waals surface area contributed by atoms with E-state index in [4.69, 9.17) is 10.7 Å². The van der Waals surface area contributed by atoms with Crippen molar-refractivity contribution >= 4 is 60.7 Å². The minimum atomic E-state index is -0.0304.